The van der Waals surface area contributed by atoms with E-state index in [2.05, 4.69) is 31.8 Å². The van der Waals surface area contributed by atoms with Crippen molar-refractivity contribution in [1.29, 1.82) is 0 Å². The number of hydrogen-bond acceptors (Lipinski definition) is 5. The van der Waals surface area contributed by atoms with E-state index in [1.165, 1.54) is 0 Å². The van der Waals surface area contributed by atoms with Crippen LogP contribution in [-0.2, 0) is 14.8 Å². The lowest BCUT2D eigenvalue weighted by Gasteiger charge is -2.21. The zero-order valence-electron chi connectivity index (χ0n) is 18.5. The summed E-state index contributed by atoms with van der Waals surface area (Å²) in [5.74, 6) is -0.840. The zero-order chi connectivity index (χ0) is 24.7. The Hall–Kier alpha value is -3.50. The molecule has 2 N–H and O–H groups in total. The van der Waals surface area contributed by atoms with Crippen molar-refractivity contribution in [2.24, 2.45) is 5.10 Å². The first-order chi connectivity index (χ1) is 16.1. The van der Waals surface area contributed by atoms with Crippen LogP contribution in [0.1, 0.15) is 22.8 Å². The van der Waals surface area contributed by atoms with Gasteiger partial charge >= 0.3 is 0 Å². The van der Waals surface area contributed by atoms with Crippen molar-refractivity contribution in [2.45, 2.75) is 6.92 Å². The number of amides is 2. The number of hydrogen-bond donors (Lipinski definition) is 2. The highest BCUT2D eigenvalue weighted by Crippen LogP contribution is 2.22. The van der Waals surface area contributed by atoms with Crippen molar-refractivity contribution < 1.29 is 18.0 Å². The minimum atomic E-state index is -3.70. The van der Waals surface area contributed by atoms with Crippen molar-refractivity contribution in [3.63, 3.8) is 0 Å². The standard InChI is InChI=1S/C24H23BrN4O4S/c1-17(19-10-6-12-21(14-19)26-24(31)18-8-4-3-5-9-18)27-28-23(30)16-29(34(2,32)33)22-13-7-11-20(25)15-22/h3-15H,16H2,1-2H3,(H,26,31)(H,28,30)/b27-17-. The molecule has 0 unspecified atom stereocenters. The van der Waals surface area contributed by atoms with Gasteiger partial charge in [-0.2, -0.15) is 5.10 Å². The van der Waals surface area contributed by atoms with E-state index < -0.39 is 22.5 Å². The molecule has 0 aliphatic carbocycles. The number of rotatable bonds is 8. The summed E-state index contributed by atoms with van der Waals surface area (Å²) in [5, 5.41) is 6.92. The molecular weight excluding hydrogens is 520 g/mol. The molecule has 176 valence electrons. The third-order valence-corrected chi connectivity index (χ3v) is 6.34. The Morgan fingerprint density at radius 2 is 1.62 bits per heavy atom. The number of nitrogens with one attached hydrogen (secondary N) is 2. The molecule has 0 saturated heterocycles. The molecular formula is C24H23BrN4O4S. The van der Waals surface area contributed by atoms with Gasteiger partial charge in [-0.1, -0.05) is 52.3 Å². The summed E-state index contributed by atoms with van der Waals surface area (Å²) in [6.07, 6.45) is 1.03. The van der Waals surface area contributed by atoms with Crippen LogP contribution in [0.5, 0.6) is 0 Å². The second kappa shape index (κ2) is 11.1. The highest BCUT2D eigenvalue weighted by atomic mass is 79.9. The molecule has 0 saturated carbocycles. The Balaban J connectivity index is 1.68. The van der Waals surface area contributed by atoms with Crippen molar-refractivity contribution in [2.75, 3.05) is 22.4 Å². The Bertz CT molecular complexity index is 1330. The predicted octanol–water partition coefficient (Wildman–Crippen LogP) is 4.01. The monoisotopic (exact) mass is 542 g/mol. The van der Waals surface area contributed by atoms with Gasteiger partial charge in [0.05, 0.1) is 17.7 Å². The molecule has 0 heterocycles. The average Bonchev–Trinajstić information content (AvgIpc) is 2.81. The zero-order valence-corrected chi connectivity index (χ0v) is 20.9. The van der Waals surface area contributed by atoms with Crippen LogP contribution < -0.4 is 15.0 Å². The van der Waals surface area contributed by atoms with Gasteiger partial charge in [-0.25, -0.2) is 13.8 Å². The Labute approximate surface area is 206 Å². The van der Waals surface area contributed by atoms with Gasteiger partial charge in [-0.05, 0) is 55.0 Å². The normalized spacial score (nSPS) is 11.6. The lowest BCUT2D eigenvalue weighted by Crippen LogP contribution is -2.39. The number of halogens is 1. The van der Waals surface area contributed by atoms with Crippen molar-refractivity contribution in [3.8, 4) is 0 Å². The van der Waals surface area contributed by atoms with Crippen molar-refractivity contribution in [3.05, 3.63) is 94.5 Å². The van der Waals surface area contributed by atoms with Gasteiger partial charge in [-0.3, -0.25) is 13.9 Å². The van der Waals surface area contributed by atoms with Gasteiger partial charge in [0, 0.05) is 15.7 Å². The van der Waals surface area contributed by atoms with Crippen LogP contribution in [0.25, 0.3) is 0 Å². The molecule has 0 bridgehead atoms. The first-order valence-electron chi connectivity index (χ1n) is 10.2. The summed E-state index contributed by atoms with van der Waals surface area (Å²) >= 11 is 3.30. The molecule has 0 spiro atoms. The SMILES string of the molecule is C/C(=N/NC(=O)CN(c1cccc(Br)c1)S(C)(=O)=O)c1cccc(NC(=O)c2ccccc2)c1. The van der Waals surface area contributed by atoms with Gasteiger partial charge in [0.1, 0.15) is 6.54 Å². The van der Waals surface area contributed by atoms with Gasteiger partial charge in [0.25, 0.3) is 11.8 Å². The number of hydrazone groups is 1. The summed E-state index contributed by atoms with van der Waals surface area (Å²) in [6, 6.07) is 22.5. The topological polar surface area (TPSA) is 108 Å². The predicted molar refractivity (Wildman–Crippen MR) is 138 cm³/mol. The first kappa shape index (κ1) is 25.1. The highest BCUT2D eigenvalue weighted by Gasteiger charge is 2.21. The molecule has 3 rings (SSSR count). The second-order valence-electron chi connectivity index (χ2n) is 7.38. The number of nitrogens with zero attached hydrogens (tertiary/aromatic N) is 2. The number of sulfonamides is 1. The van der Waals surface area contributed by atoms with E-state index in [1.54, 1.807) is 79.7 Å². The molecule has 0 atom stereocenters. The number of anilines is 2. The maximum Gasteiger partial charge on any atom is 0.260 e. The molecule has 0 fully saturated rings. The highest BCUT2D eigenvalue weighted by molar-refractivity contribution is 9.10. The van der Waals surface area contributed by atoms with E-state index in [0.29, 0.717) is 32.7 Å². The van der Waals surface area contributed by atoms with Crippen molar-refractivity contribution in [1.82, 2.24) is 5.43 Å². The Morgan fingerprint density at radius 3 is 2.29 bits per heavy atom. The summed E-state index contributed by atoms with van der Waals surface area (Å²) in [4.78, 5) is 24.8. The van der Waals surface area contributed by atoms with Crippen LogP contribution in [0.3, 0.4) is 0 Å². The summed E-state index contributed by atoms with van der Waals surface area (Å²) in [5.41, 5.74) is 5.02. The summed E-state index contributed by atoms with van der Waals surface area (Å²) < 4.78 is 26.1. The van der Waals surface area contributed by atoms with E-state index in [0.717, 1.165) is 10.6 Å². The lowest BCUT2D eigenvalue weighted by atomic mass is 10.1. The van der Waals surface area contributed by atoms with Gasteiger partial charge in [0.2, 0.25) is 10.0 Å². The number of benzene rings is 3. The van der Waals surface area contributed by atoms with Gasteiger partial charge in [-0.15, -0.1) is 0 Å². The molecule has 10 heteroatoms. The number of carbonyl (C=O) groups is 2. The summed E-state index contributed by atoms with van der Waals surface area (Å²) in [7, 11) is -3.70. The van der Waals surface area contributed by atoms with E-state index in [4.69, 9.17) is 0 Å². The van der Waals surface area contributed by atoms with E-state index in [-0.39, 0.29) is 5.91 Å². The van der Waals surface area contributed by atoms with E-state index in [1.807, 2.05) is 6.07 Å². The summed E-state index contributed by atoms with van der Waals surface area (Å²) in [6.45, 7) is 1.26. The molecule has 34 heavy (non-hydrogen) atoms. The van der Waals surface area contributed by atoms with Crippen LogP contribution in [0.2, 0.25) is 0 Å². The molecule has 3 aromatic rings. The quantitative estimate of drug-likeness (QED) is 0.331. The van der Waals surface area contributed by atoms with E-state index in [9.17, 15) is 18.0 Å². The fourth-order valence-electron chi connectivity index (χ4n) is 3.02. The minimum Gasteiger partial charge on any atom is -0.322 e. The van der Waals surface area contributed by atoms with Crippen molar-refractivity contribution >= 4 is 54.9 Å². The number of carbonyl (C=O) groups excluding carboxylic acids is 2. The van der Waals surface area contributed by atoms with Crippen LogP contribution >= 0.6 is 15.9 Å². The third kappa shape index (κ3) is 7.00. The van der Waals surface area contributed by atoms with Crippen LogP contribution in [0.15, 0.2) is 88.4 Å². The smallest absolute Gasteiger partial charge is 0.260 e. The van der Waals surface area contributed by atoms with Gasteiger partial charge < -0.3 is 5.32 Å². The van der Waals surface area contributed by atoms with Crippen LogP contribution in [0, 0.1) is 0 Å². The third-order valence-electron chi connectivity index (χ3n) is 4.71. The first-order valence-corrected chi connectivity index (χ1v) is 12.8. The minimum absolute atomic E-state index is 0.242. The second-order valence-corrected chi connectivity index (χ2v) is 10.2. The molecule has 3 aromatic carbocycles. The fourth-order valence-corrected chi connectivity index (χ4v) is 4.26. The largest absolute Gasteiger partial charge is 0.322 e. The Morgan fingerprint density at radius 1 is 0.941 bits per heavy atom. The molecule has 8 nitrogen and oxygen atoms in total. The molecule has 2 amide bonds. The van der Waals surface area contributed by atoms with Crippen LogP contribution in [0.4, 0.5) is 11.4 Å². The fraction of sp³-hybridized carbons (Fsp3) is 0.125. The van der Waals surface area contributed by atoms with E-state index >= 15 is 0 Å². The molecule has 0 aliphatic heterocycles. The molecule has 0 radical (unpaired) electrons. The van der Waals surface area contributed by atoms with Gasteiger partial charge in [0.15, 0.2) is 0 Å². The lowest BCUT2D eigenvalue weighted by molar-refractivity contribution is -0.119. The maximum atomic E-state index is 12.5. The average molecular weight is 543 g/mol. The molecule has 0 aromatic heterocycles. The molecule has 0 aliphatic rings. The van der Waals surface area contributed by atoms with Crippen LogP contribution in [-0.4, -0.2) is 38.7 Å². The maximum absolute atomic E-state index is 12.5. The Kier molecular flexibility index (Phi) is 8.19.